The Morgan fingerprint density at radius 3 is 2.42 bits per heavy atom. The molecule has 2 aliphatic rings. The number of rotatable bonds is 8. The Hall–Kier alpha value is -2.25. The fourth-order valence-corrected chi connectivity index (χ4v) is 5.87. The van der Waals surface area contributed by atoms with Gasteiger partial charge in [-0.25, -0.2) is 4.39 Å². The van der Waals surface area contributed by atoms with Crippen LogP contribution in [-0.4, -0.2) is 65.8 Å². The van der Waals surface area contributed by atoms with E-state index in [0.29, 0.717) is 45.6 Å². The molecule has 1 atom stereocenters. The zero-order chi connectivity index (χ0) is 23.2. The van der Waals surface area contributed by atoms with Crippen molar-refractivity contribution in [2.24, 2.45) is 0 Å². The first-order valence-corrected chi connectivity index (χ1v) is 13.1. The van der Waals surface area contributed by atoms with Gasteiger partial charge in [0.05, 0.1) is 6.04 Å². The molecule has 0 aliphatic carbocycles. The average molecular weight is 472 g/mol. The summed E-state index contributed by atoms with van der Waals surface area (Å²) in [4.78, 5) is 32.8. The third-order valence-corrected chi connectivity index (χ3v) is 7.82. The maximum atomic E-state index is 14.0. The zero-order valence-electron chi connectivity index (χ0n) is 19.5. The number of carbonyl (C=O) groups is 2. The largest absolute Gasteiger partial charge is 0.339 e. The van der Waals surface area contributed by atoms with Crippen molar-refractivity contribution >= 4 is 23.2 Å². The van der Waals surface area contributed by atoms with E-state index in [4.69, 9.17) is 0 Å². The molecule has 4 rings (SSSR count). The number of thiophene rings is 1. The predicted molar refractivity (Wildman–Crippen MR) is 130 cm³/mol. The van der Waals surface area contributed by atoms with E-state index in [1.807, 2.05) is 15.9 Å². The van der Waals surface area contributed by atoms with Crippen molar-refractivity contribution in [1.82, 2.24) is 14.7 Å². The molecule has 1 aromatic heterocycles. The number of halogens is 1. The summed E-state index contributed by atoms with van der Waals surface area (Å²) in [5, 5.41) is 2.11. The summed E-state index contributed by atoms with van der Waals surface area (Å²) in [5.41, 5.74) is 2.18. The summed E-state index contributed by atoms with van der Waals surface area (Å²) >= 11 is 1.76. The molecular weight excluding hydrogens is 437 g/mol. The van der Waals surface area contributed by atoms with Crippen LogP contribution in [0.2, 0.25) is 0 Å². The Labute approximate surface area is 200 Å². The van der Waals surface area contributed by atoms with Crippen LogP contribution >= 0.6 is 11.3 Å². The van der Waals surface area contributed by atoms with Crippen molar-refractivity contribution in [2.45, 2.75) is 51.5 Å². The van der Waals surface area contributed by atoms with Gasteiger partial charge in [-0.1, -0.05) is 31.9 Å². The van der Waals surface area contributed by atoms with E-state index in [-0.39, 0.29) is 23.7 Å². The topological polar surface area (TPSA) is 43.9 Å². The number of fused-ring (bicyclic) bond motifs is 1. The molecule has 1 fully saturated rings. The Morgan fingerprint density at radius 2 is 1.73 bits per heavy atom. The van der Waals surface area contributed by atoms with Crippen LogP contribution in [0.1, 0.15) is 61.1 Å². The second kappa shape index (κ2) is 11.3. The van der Waals surface area contributed by atoms with E-state index in [1.54, 1.807) is 23.5 Å². The molecule has 0 radical (unpaired) electrons. The van der Waals surface area contributed by atoms with Gasteiger partial charge in [-0.05, 0) is 47.5 Å². The van der Waals surface area contributed by atoms with Gasteiger partial charge in [0.25, 0.3) is 0 Å². The molecule has 1 saturated heterocycles. The van der Waals surface area contributed by atoms with Gasteiger partial charge in [0.2, 0.25) is 11.8 Å². The maximum Gasteiger partial charge on any atom is 0.223 e. The van der Waals surface area contributed by atoms with Crippen molar-refractivity contribution in [2.75, 3.05) is 39.3 Å². The van der Waals surface area contributed by atoms with Crippen molar-refractivity contribution in [3.63, 3.8) is 0 Å². The fraction of sp³-hybridized carbons (Fsp3) is 0.538. The standard InChI is InChI=1S/C26H34FN3O2S/c1-2-3-4-8-24(31)28-14-16-29(17-15-28)25(32)10-13-30-12-9-23-22(11-18-33-23)26(30)20-6-5-7-21(27)19-20/h5-7,11,18-19,26H,2-4,8-10,12-17H2,1H3/t26-/m0/s1. The monoisotopic (exact) mass is 471 g/mol. The van der Waals surface area contributed by atoms with E-state index < -0.39 is 0 Å². The second-order valence-corrected chi connectivity index (χ2v) is 10.0. The third kappa shape index (κ3) is 5.82. The van der Waals surface area contributed by atoms with Crippen LogP contribution in [0, 0.1) is 5.82 Å². The molecule has 0 bridgehead atoms. The summed E-state index contributed by atoms with van der Waals surface area (Å²) in [6, 6.07) is 8.96. The number of piperazine rings is 1. The van der Waals surface area contributed by atoms with Gasteiger partial charge in [-0.15, -0.1) is 11.3 Å². The Bertz CT molecular complexity index is 955. The van der Waals surface area contributed by atoms with Crippen LogP contribution in [0.25, 0.3) is 0 Å². The molecule has 2 aromatic rings. The van der Waals surface area contributed by atoms with Gasteiger partial charge in [-0.3, -0.25) is 14.5 Å². The Balaban J connectivity index is 1.33. The highest BCUT2D eigenvalue weighted by molar-refractivity contribution is 7.10. The lowest BCUT2D eigenvalue weighted by atomic mass is 9.93. The molecule has 33 heavy (non-hydrogen) atoms. The number of benzene rings is 1. The molecule has 7 heteroatoms. The van der Waals surface area contributed by atoms with Crippen molar-refractivity contribution in [1.29, 1.82) is 0 Å². The average Bonchev–Trinajstić information content (AvgIpc) is 3.31. The molecule has 0 saturated carbocycles. The SMILES string of the molecule is CCCCCC(=O)N1CCN(C(=O)CCN2CCc3sccc3[C@@H]2c2cccc(F)c2)CC1. The first kappa shape index (κ1) is 23.9. The highest BCUT2D eigenvalue weighted by Gasteiger charge is 2.31. The maximum absolute atomic E-state index is 14.0. The smallest absolute Gasteiger partial charge is 0.223 e. The van der Waals surface area contributed by atoms with Crippen LogP contribution in [0.15, 0.2) is 35.7 Å². The van der Waals surface area contributed by atoms with Crippen molar-refractivity contribution < 1.29 is 14.0 Å². The molecule has 178 valence electrons. The predicted octanol–water partition coefficient (Wildman–Crippen LogP) is 4.48. The summed E-state index contributed by atoms with van der Waals surface area (Å²) in [7, 11) is 0. The van der Waals surface area contributed by atoms with E-state index in [9.17, 15) is 14.0 Å². The molecule has 5 nitrogen and oxygen atoms in total. The van der Waals surface area contributed by atoms with Crippen LogP contribution < -0.4 is 0 Å². The quantitative estimate of drug-likeness (QED) is 0.534. The number of amides is 2. The summed E-state index contributed by atoms with van der Waals surface area (Å²) < 4.78 is 14.0. The van der Waals surface area contributed by atoms with E-state index in [2.05, 4.69) is 23.3 Å². The van der Waals surface area contributed by atoms with E-state index in [0.717, 1.165) is 37.8 Å². The lowest BCUT2D eigenvalue weighted by Crippen LogP contribution is -2.51. The Morgan fingerprint density at radius 1 is 1.00 bits per heavy atom. The lowest BCUT2D eigenvalue weighted by molar-refractivity contribution is -0.139. The molecule has 0 N–H and O–H groups in total. The summed E-state index contributed by atoms with van der Waals surface area (Å²) in [5.74, 6) is 0.128. The highest BCUT2D eigenvalue weighted by Crippen LogP contribution is 2.37. The first-order chi connectivity index (χ1) is 16.1. The Kier molecular flexibility index (Phi) is 8.15. The van der Waals surface area contributed by atoms with Crippen LogP contribution in [0.5, 0.6) is 0 Å². The van der Waals surface area contributed by atoms with Gasteiger partial charge >= 0.3 is 0 Å². The second-order valence-electron chi connectivity index (χ2n) is 9.01. The molecule has 1 aromatic carbocycles. The van der Waals surface area contributed by atoms with Crippen molar-refractivity contribution in [3.8, 4) is 0 Å². The van der Waals surface area contributed by atoms with Crippen LogP contribution in [0.3, 0.4) is 0 Å². The lowest BCUT2D eigenvalue weighted by Gasteiger charge is -2.38. The number of unbranched alkanes of at least 4 members (excludes halogenated alkanes) is 2. The highest BCUT2D eigenvalue weighted by atomic mass is 32.1. The van der Waals surface area contributed by atoms with Crippen LogP contribution in [0.4, 0.5) is 4.39 Å². The number of hydrogen-bond donors (Lipinski definition) is 0. The molecule has 3 heterocycles. The zero-order valence-corrected chi connectivity index (χ0v) is 20.3. The molecule has 2 aliphatic heterocycles. The normalized spacial score (nSPS) is 18.9. The number of carbonyl (C=O) groups excluding carboxylic acids is 2. The summed E-state index contributed by atoms with van der Waals surface area (Å²) in [6.45, 7) is 6.13. The van der Waals surface area contributed by atoms with Gasteiger partial charge in [-0.2, -0.15) is 0 Å². The van der Waals surface area contributed by atoms with E-state index >= 15 is 0 Å². The molecule has 2 amide bonds. The van der Waals surface area contributed by atoms with Gasteiger partial charge < -0.3 is 9.80 Å². The summed E-state index contributed by atoms with van der Waals surface area (Å²) in [6.07, 6.45) is 5.16. The molecule has 0 spiro atoms. The van der Waals surface area contributed by atoms with Gasteiger partial charge in [0, 0.05) is 57.0 Å². The number of nitrogens with zero attached hydrogens (tertiary/aromatic N) is 3. The van der Waals surface area contributed by atoms with Gasteiger partial charge in [0.15, 0.2) is 0 Å². The number of hydrogen-bond acceptors (Lipinski definition) is 4. The third-order valence-electron chi connectivity index (χ3n) is 6.82. The van der Waals surface area contributed by atoms with E-state index in [1.165, 1.54) is 16.5 Å². The minimum atomic E-state index is -0.229. The van der Waals surface area contributed by atoms with Gasteiger partial charge in [0.1, 0.15) is 5.82 Å². The molecule has 0 unspecified atom stereocenters. The van der Waals surface area contributed by atoms with Crippen LogP contribution in [-0.2, 0) is 16.0 Å². The van der Waals surface area contributed by atoms with Crippen molar-refractivity contribution in [3.05, 3.63) is 57.5 Å². The minimum absolute atomic E-state index is 0.0129. The first-order valence-electron chi connectivity index (χ1n) is 12.2. The minimum Gasteiger partial charge on any atom is -0.339 e. The fourth-order valence-electron chi connectivity index (χ4n) is 4.96. The molecular formula is C26H34FN3O2S.